The largest absolute Gasteiger partial charge is 0.505 e. The second-order valence-corrected chi connectivity index (χ2v) is 4.51. The molecule has 0 aliphatic heterocycles. The van der Waals surface area contributed by atoms with E-state index in [0.717, 1.165) is 5.57 Å². The molecule has 0 aliphatic carbocycles. The van der Waals surface area contributed by atoms with E-state index in [4.69, 9.17) is 5.73 Å². The van der Waals surface area contributed by atoms with Crippen LogP contribution in [-0.2, 0) is 0 Å². The van der Waals surface area contributed by atoms with Gasteiger partial charge >= 0.3 is 0 Å². The number of phenolic OH excluding ortho intramolecular Hbond substituents is 1. The molecule has 1 aromatic carbocycles. The molecule has 0 aliphatic rings. The molecule has 0 bridgehead atoms. The highest BCUT2D eigenvalue weighted by Gasteiger charge is 2.15. The number of hydrogen-bond acceptors (Lipinski definition) is 2. The van der Waals surface area contributed by atoms with Gasteiger partial charge in [-0.2, -0.15) is 0 Å². The Hall–Kier alpha value is -0.580. The van der Waals surface area contributed by atoms with Gasteiger partial charge in [0.1, 0.15) is 0 Å². The molecule has 2 nitrogen and oxygen atoms in total. The van der Waals surface area contributed by atoms with Crippen LogP contribution in [0.15, 0.2) is 28.8 Å². The maximum atomic E-state index is 13.2. The zero-order valence-corrected chi connectivity index (χ0v) is 11.2. The van der Waals surface area contributed by atoms with Gasteiger partial charge < -0.3 is 10.8 Å². The van der Waals surface area contributed by atoms with Gasteiger partial charge in [0.05, 0.1) is 0 Å². The lowest BCUT2D eigenvalue weighted by molar-refractivity contribution is 0.420. The molecule has 0 radical (unpaired) electrons. The van der Waals surface area contributed by atoms with Crippen LogP contribution in [0.2, 0.25) is 0 Å². The number of rotatable bonds is 3. The van der Waals surface area contributed by atoms with E-state index in [1.807, 2.05) is 6.92 Å². The molecule has 1 rings (SSSR count). The Morgan fingerprint density at radius 3 is 2.69 bits per heavy atom. The fourth-order valence-electron chi connectivity index (χ4n) is 1.35. The predicted molar refractivity (Wildman–Crippen MR) is 69.4 cm³/mol. The van der Waals surface area contributed by atoms with E-state index in [9.17, 15) is 9.50 Å². The molecule has 0 aromatic heterocycles. The van der Waals surface area contributed by atoms with Crippen molar-refractivity contribution in [2.45, 2.75) is 19.4 Å². The summed E-state index contributed by atoms with van der Waals surface area (Å²) in [5, 5.41) is 9.50. The average Bonchev–Trinajstić information content (AvgIpc) is 2.09. The lowest BCUT2D eigenvalue weighted by Gasteiger charge is -2.14. The minimum Gasteiger partial charge on any atom is -0.505 e. The first-order valence-electron chi connectivity index (χ1n) is 4.49. The van der Waals surface area contributed by atoms with E-state index >= 15 is 0 Å². The van der Waals surface area contributed by atoms with Crippen molar-refractivity contribution < 1.29 is 9.50 Å². The van der Waals surface area contributed by atoms with Crippen molar-refractivity contribution in [2.24, 2.45) is 5.73 Å². The van der Waals surface area contributed by atoms with Crippen LogP contribution in [0.1, 0.15) is 24.9 Å². The van der Waals surface area contributed by atoms with Crippen LogP contribution in [0.3, 0.4) is 0 Å². The first kappa shape index (κ1) is 15.4. The van der Waals surface area contributed by atoms with Crippen molar-refractivity contribution in [3.8, 4) is 5.75 Å². The molecule has 5 heteroatoms. The molecule has 0 spiro atoms. The quantitative estimate of drug-likeness (QED) is 0.837. The van der Waals surface area contributed by atoms with E-state index in [1.54, 1.807) is 6.07 Å². The van der Waals surface area contributed by atoms with Crippen molar-refractivity contribution in [3.63, 3.8) is 0 Å². The Labute approximate surface area is 109 Å². The molecule has 0 unspecified atom stereocenters. The van der Waals surface area contributed by atoms with Crippen LogP contribution in [0.4, 0.5) is 4.39 Å². The van der Waals surface area contributed by atoms with Crippen molar-refractivity contribution >= 4 is 28.3 Å². The van der Waals surface area contributed by atoms with Crippen LogP contribution in [0, 0.1) is 5.82 Å². The van der Waals surface area contributed by atoms with E-state index in [0.29, 0.717) is 16.5 Å². The summed E-state index contributed by atoms with van der Waals surface area (Å²) in [6.07, 6.45) is 0.517. The molecule has 3 N–H and O–H groups in total. The maximum absolute atomic E-state index is 13.2. The van der Waals surface area contributed by atoms with Crippen LogP contribution >= 0.6 is 28.3 Å². The third-order valence-electron chi connectivity index (χ3n) is 2.03. The number of hydrogen-bond donors (Lipinski definition) is 2. The number of benzene rings is 1. The highest BCUT2D eigenvalue weighted by atomic mass is 79.9. The summed E-state index contributed by atoms with van der Waals surface area (Å²) in [6, 6.07) is 2.38. The lowest BCUT2D eigenvalue weighted by atomic mass is 10.0. The molecule has 0 saturated heterocycles. The number of nitrogens with two attached hydrogens (primary N) is 1. The predicted octanol–water partition coefficient (Wildman–Crippen LogP) is 3.68. The Morgan fingerprint density at radius 1 is 1.62 bits per heavy atom. The Kier molecular flexibility index (Phi) is 6.00. The van der Waals surface area contributed by atoms with Gasteiger partial charge in [-0.15, -0.1) is 19.0 Å². The molecule has 1 atom stereocenters. The molecule has 0 amide bonds. The molecule has 0 heterocycles. The van der Waals surface area contributed by atoms with Crippen LogP contribution in [0.5, 0.6) is 5.75 Å². The minimum atomic E-state index is -0.670. The topological polar surface area (TPSA) is 46.2 Å². The summed E-state index contributed by atoms with van der Waals surface area (Å²) >= 11 is 3.15. The summed E-state index contributed by atoms with van der Waals surface area (Å²) in [4.78, 5) is 0. The maximum Gasteiger partial charge on any atom is 0.166 e. The molecule has 90 valence electrons. The smallest absolute Gasteiger partial charge is 0.166 e. The van der Waals surface area contributed by atoms with Crippen molar-refractivity contribution in [3.05, 3.63) is 40.1 Å². The zero-order chi connectivity index (χ0) is 11.6. The Bertz CT molecular complexity index is 398. The summed E-state index contributed by atoms with van der Waals surface area (Å²) in [6.45, 7) is 5.57. The molecule has 0 fully saturated rings. The van der Waals surface area contributed by atoms with Gasteiger partial charge in [-0.1, -0.05) is 21.5 Å². The van der Waals surface area contributed by atoms with Gasteiger partial charge in [0.25, 0.3) is 0 Å². The molecule has 0 saturated carbocycles. The number of aromatic hydroxyl groups is 1. The highest BCUT2D eigenvalue weighted by Crippen LogP contribution is 2.31. The van der Waals surface area contributed by atoms with E-state index in [-0.39, 0.29) is 18.2 Å². The van der Waals surface area contributed by atoms with Crippen molar-refractivity contribution in [1.82, 2.24) is 0 Å². The van der Waals surface area contributed by atoms with Crippen molar-refractivity contribution in [1.29, 1.82) is 0 Å². The van der Waals surface area contributed by atoms with E-state index in [1.165, 1.54) is 6.07 Å². The normalized spacial score (nSPS) is 11.8. The van der Waals surface area contributed by atoms with Gasteiger partial charge in [-0.05, 0) is 25.5 Å². The third kappa shape index (κ3) is 3.77. The van der Waals surface area contributed by atoms with E-state index in [2.05, 4.69) is 22.5 Å². The van der Waals surface area contributed by atoms with Crippen LogP contribution in [0.25, 0.3) is 0 Å². The van der Waals surface area contributed by atoms with Gasteiger partial charge in [-0.25, -0.2) is 4.39 Å². The molecule has 1 aromatic rings. The second kappa shape index (κ2) is 6.23. The summed E-state index contributed by atoms with van der Waals surface area (Å²) < 4.78 is 13.7. The monoisotopic (exact) mass is 309 g/mol. The third-order valence-corrected chi connectivity index (χ3v) is 2.48. The van der Waals surface area contributed by atoms with Gasteiger partial charge in [0.2, 0.25) is 0 Å². The fraction of sp³-hybridized carbons (Fsp3) is 0.273. The molecular formula is C11H14BrClFNO. The SMILES string of the molecule is C=C(C)C[C@H](N)c1cc(Br)cc(F)c1O.Cl. The molecular weight excluding hydrogens is 296 g/mol. The van der Waals surface area contributed by atoms with Crippen LogP contribution in [-0.4, -0.2) is 5.11 Å². The summed E-state index contributed by atoms with van der Waals surface area (Å²) in [5.74, 6) is -1.05. The van der Waals surface area contributed by atoms with Crippen LogP contribution < -0.4 is 5.73 Å². The second-order valence-electron chi connectivity index (χ2n) is 3.59. The number of halogens is 3. The van der Waals surface area contributed by atoms with Gasteiger partial charge in [0.15, 0.2) is 11.6 Å². The first-order valence-corrected chi connectivity index (χ1v) is 5.29. The van der Waals surface area contributed by atoms with Crippen molar-refractivity contribution in [2.75, 3.05) is 0 Å². The zero-order valence-electron chi connectivity index (χ0n) is 8.84. The average molecular weight is 311 g/mol. The standard InChI is InChI=1S/C11H13BrFNO.ClH/c1-6(2)3-10(14)8-4-7(12)5-9(13)11(8)15;/h4-5,10,15H,1,3,14H2,2H3;1H/t10-;/m0./s1. The van der Waals surface area contributed by atoms with Gasteiger partial charge in [-0.3, -0.25) is 0 Å². The summed E-state index contributed by atoms with van der Waals surface area (Å²) in [7, 11) is 0. The first-order chi connectivity index (χ1) is 6.91. The van der Waals surface area contributed by atoms with E-state index < -0.39 is 11.9 Å². The lowest BCUT2D eigenvalue weighted by Crippen LogP contribution is -2.11. The minimum absolute atomic E-state index is 0. The highest BCUT2D eigenvalue weighted by molar-refractivity contribution is 9.10. The molecule has 16 heavy (non-hydrogen) atoms. The number of phenols is 1. The fourth-order valence-corrected chi connectivity index (χ4v) is 1.80. The Morgan fingerprint density at radius 2 is 2.19 bits per heavy atom. The Balaban J connectivity index is 0.00000225. The van der Waals surface area contributed by atoms with Gasteiger partial charge in [0, 0.05) is 16.1 Å². The summed E-state index contributed by atoms with van der Waals surface area (Å²) in [5.41, 5.74) is 7.11.